The van der Waals surface area contributed by atoms with Crippen LogP contribution in [0.1, 0.15) is 44.2 Å². The van der Waals surface area contributed by atoms with E-state index in [1.807, 2.05) is 13.8 Å². The summed E-state index contributed by atoms with van der Waals surface area (Å²) in [6.07, 6.45) is 2.36. The zero-order valence-electron chi connectivity index (χ0n) is 11.1. The zero-order valence-corrected chi connectivity index (χ0v) is 11.1. The lowest BCUT2D eigenvalue weighted by atomic mass is 9.68. The Morgan fingerprint density at radius 1 is 1.17 bits per heavy atom. The average molecular weight is 254 g/mol. The SMILES string of the molecule is Cc1ccc(C2(O)CC(C)CCC2C)c(F)c1F. The maximum Gasteiger partial charge on any atom is 0.165 e. The molecule has 0 amide bonds. The maximum absolute atomic E-state index is 14.1. The maximum atomic E-state index is 14.1. The Morgan fingerprint density at radius 2 is 1.83 bits per heavy atom. The van der Waals surface area contributed by atoms with Gasteiger partial charge in [0.25, 0.3) is 0 Å². The molecule has 0 spiro atoms. The summed E-state index contributed by atoms with van der Waals surface area (Å²) in [6, 6.07) is 3.07. The van der Waals surface area contributed by atoms with Gasteiger partial charge in [-0.15, -0.1) is 0 Å². The summed E-state index contributed by atoms with van der Waals surface area (Å²) < 4.78 is 27.7. The molecule has 0 radical (unpaired) electrons. The number of hydrogen-bond acceptors (Lipinski definition) is 1. The van der Waals surface area contributed by atoms with Crippen LogP contribution in [0.2, 0.25) is 0 Å². The van der Waals surface area contributed by atoms with Gasteiger partial charge in [0, 0.05) is 5.56 Å². The summed E-state index contributed by atoms with van der Waals surface area (Å²) >= 11 is 0. The highest BCUT2D eigenvalue weighted by Crippen LogP contribution is 2.45. The van der Waals surface area contributed by atoms with Crippen LogP contribution in [0.5, 0.6) is 0 Å². The van der Waals surface area contributed by atoms with Crippen molar-refractivity contribution >= 4 is 0 Å². The van der Waals surface area contributed by atoms with Crippen molar-refractivity contribution in [3.05, 3.63) is 34.9 Å². The number of rotatable bonds is 1. The molecule has 1 aliphatic carbocycles. The largest absolute Gasteiger partial charge is 0.385 e. The third kappa shape index (κ3) is 2.05. The van der Waals surface area contributed by atoms with Crippen molar-refractivity contribution in [1.82, 2.24) is 0 Å². The molecule has 1 aromatic carbocycles. The van der Waals surface area contributed by atoms with E-state index in [0.717, 1.165) is 12.8 Å². The smallest absolute Gasteiger partial charge is 0.165 e. The van der Waals surface area contributed by atoms with Gasteiger partial charge in [-0.25, -0.2) is 8.78 Å². The predicted molar refractivity (Wildman–Crippen MR) is 67.2 cm³/mol. The highest BCUT2D eigenvalue weighted by atomic mass is 19.2. The van der Waals surface area contributed by atoms with Gasteiger partial charge in [-0.1, -0.05) is 32.4 Å². The van der Waals surface area contributed by atoms with E-state index < -0.39 is 17.2 Å². The van der Waals surface area contributed by atoms with E-state index >= 15 is 0 Å². The van der Waals surface area contributed by atoms with Crippen LogP contribution < -0.4 is 0 Å². The lowest BCUT2D eigenvalue weighted by Gasteiger charge is -2.41. The van der Waals surface area contributed by atoms with Gasteiger partial charge in [-0.3, -0.25) is 0 Å². The third-order valence-electron chi connectivity index (χ3n) is 4.31. The molecule has 3 heteroatoms. The van der Waals surface area contributed by atoms with Gasteiger partial charge in [0.05, 0.1) is 5.60 Å². The second kappa shape index (κ2) is 4.61. The molecule has 18 heavy (non-hydrogen) atoms. The standard InChI is InChI=1S/C15H20F2O/c1-9-4-6-11(3)15(18,8-9)12-7-5-10(2)13(16)14(12)17/h5,7,9,11,18H,4,6,8H2,1-3H3. The zero-order chi connectivity index (χ0) is 13.5. The Kier molecular flexibility index (Phi) is 3.45. The molecule has 0 bridgehead atoms. The number of halogens is 2. The van der Waals surface area contributed by atoms with Gasteiger partial charge in [0.1, 0.15) is 0 Å². The van der Waals surface area contributed by atoms with Gasteiger partial charge in [-0.2, -0.15) is 0 Å². The molecule has 1 nitrogen and oxygen atoms in total. The fraction of sp³-hybridized carbons (Fsp3) is 0.600. The number of aliphatic hydroxyl groups is 1. The average Bonchev–Trinajstić information content (AvgIpc) is 2.31. The van der Waals surface area contributed by atoms with Crippen LogP contribution in [0.15, 0.2) is 12.1 Å². The molecule has 2 rings (SSSR count). The molecule has 1 fully saturated rings. The molecule has 1 saturated carbocycles. The normalized spacial score (nSPS) is 32.6. The van der Waals surface area contributed by atoms with E-state index in [0.29, 0.717) is 12.3 Å². The van der Waals surface area contributed by atoms with E-state index in [1.54, 1.807) is 0 Å². The molecule has 100 valence electrons. The van der Waals surface area contributed by atoms with E-state index in [-0.39, 0.29) is 17.0 Å². The Bertz CT molecular complexity index is 458. The minimum Gasteiger partial charge on any atom is -0.385 e. The van der Waals surface area contributed by atoms with Crippen LogP contribution in [0.3, 0.4) is 0 Å². The van der Waals surface area contributed by atoms with Crippen LogP contribution >= 0.6 is 0 Å². The van der Waals surface area contributed by atoms with E-state index in [4.69, 9.17) is 0 Å². The van der Waals surface area contributed by atoms with Crippen molar-refractivity contribution in [2.24, 2.45) is 11.8 Å². The molecular weight excluding hydrogens is 234 g/mol. The van der Waals surface area contributed by atoms with Crippen molar-refractivity contribution in [2.75, 3.05) is 0 Å². The van der Waals surface area contributed by atoms with Crippen molar-refractivity contribution in [2.45, 2.75) is 45.6 Å². The monoisotopic (exact) mass is 254 g/mol. The summed E-state index contributed by atoms with van der Waals surface area (Å²) in [4.78, 5) is 0. The molecule has 1 N–H and O–H groups in total. The highest BCUT2D eigenvalue weighted by molar-refractivity contribution is 5.31. The highest BCUT2D eigenvalue weighted by Gasteiger charge is 2.42. The molecular formula is C15H20F2O. The first-order valence-corrected chi connectivity index (χ1v) is 6.53. The summed E-state index contributed by atoms with van der Waals surface area (Å²) in [5, 5.41) is 10.8. The molecule has 1 aliphatic rings. The fourth-order valence-electron chi connectivity index (χ4n) is 2.96. The van der Waals surface area contributed by atoms with Gasteiger partial charge >= 0.3 is 0 Å². The molecule has 3 unspecified atom stereocenters. The predicted octanol–water partition coefficient (Wildman–Crippen LogP) is 3.92. The summed E-state index contributed by atoms with van der Waals surface area (Å²) in [5.74, 6) is -1.45. The molecule has 0 saturated heterocycles. The topological polar surface area (TPSA) is 20.2 Å². The fourth-order valence-corrected chi connectivity index (χ4v) is 2.96. The molecule has 3 atom stereocenters. The van der Waals surface area contributed by atoms with Gasteiger partial charge < -0.3 is 5.11 Å². The minimum absolute atomic E-state index is 0.0506. The van der Waals surface area contributed by atoms with Crippen molar-refractivity contribution in [1.29, 1.82) is 0 Å². The van der Waals surface area contributed by atoms with Crippen LogP contribution in [-0.4, -0.2) is 5.11 Å². The van der Waals surface area contributed by atoms with Crippen LogP contribution in [-0.2, 0) is 5.60 Å². The molecule has 1 aromatic rings. The van der Waals surface area contributed by atoms with Crippen LogP contribution in [0, 0.1) is 30.4 Å². The van der Waals surface area contributed by atoms with Crippen LogP contribution in [0.4, 0.5) is 8.78 Å². The van der Waals surface area contributed by atoms with E-state index in [2.05, 4.69) is 0 Å². The summed E-state index contributed by atoms with van der Waals surface area (Å²) in [6.45, 7) is 5.47. The second-order valence-corrected chi connectivity index (χ2v) is 5.77. The summed E-state index contributed by atoms with van der Waals surface area (Å²) in [7, 11) is 0. The Balaban J connectivity index is 2.49. The number of benzene rings is 1. The van der Waals surface area contributed by atoms with Crippen molar-refractivity contribution in [3.63, 3.8) is 0 Å². The minimum atomic E-state index is -1.24. The quantitative estimate of drug-likeness (QED) is 0.805. The lowest BCUT2D eigenvalue weighted by molar-refractivity contribution is -0.0656. The summed E-state index contributed by atoms with van der Waals surface area (Å²) in [5.41, 5.74) is -0.850. The van der Waals surface area contributed by atoms with Crippen LogP contribution in [0.25, 0.3) is 0 Å². The van der Waals surface area contributed by atoms with Gasteiger partial charge in [0.2, 0.25) is 0 Å². The first-order valence-electron chi connectivity index (χ1n) is 6.53. The molecule has 0 heterocycles. The number of hydrogen-bond donors (Lipinski definition) is 1. The van der Waals surface area contributed by atoms with Crippen molar-refractivity contribution in [3.8, 4) is 0 Å². The van der Waals surface area contributed by atoms with E-state index in [9.17, 15) is 13.9 Å². The Morgan fingerprint density at radius 3 is 2.50 bits per heavy atom. The van der Waals surface area contributed by atoms with Crippen molar-refractivity contribution < 1.29 is 13.9 Å². The second-order valence-electron chi connectivity index (χ2n) is 5.77. The lowest BCUT2D eigenvalue weighted by Crippen LogP contribution is -2.40. The first-order chi connectivity index (χ1) is 8.36. The van der Waals surface area contributed by atoms with E-state index in [1.165, 1.54) is 19.1 Å². The van der Waals surface area contributed by atoms with Gasteiger partial charge in [0.15, 0.2) is 11.6 Å². The Labute approximate surface area is 107 Å². The molecule has 0 aromatic heterocycles. The third-order valence-corrected chi connectivity index (χ3v) is 4.31. The molecule has 0 aliphatic heterocycles. The first kappa shape index (κ1) is 13.5. The van der Waals surface area contributed by atoms with Gasteiger partial charge in [-0.05, 0) is 37.2 Å². The number of aryl methyl sites for hydroxylation is 1. The Hall–Kier alpha value is -0.960.